The lowest BCUT2D eigenvalue weighted by Gasteiger charge is -2.08. The van der Waals surface area contributed by atoms with Crippen molar-refractivity contribution >= 4 is 28.4 Å². The average Bonchev–Trinajstić information content (AvgIpc) is 2.51. The van der Waals surface area contributed by atoms with Gasteiger partial charge in [-0.1, -0.05) is 12.1 Å². The minimum Gasteiger partial charge on any atom is -0.452 e. The maximum absolute atomic E-state index is 13.0. The first-order valence-corrected chi connectivity index (χ1v) is 8.88. The normalized spacial score (nSPS) is 11.6. The second-order valence-corrected chi connectivity index (χ2v) is 6.64. The van der Waals surface area contributed by atoms with Crippen LogP contribution in [0.5, 0.6) is 0 Å². The molecule has 2 aromatic rings. The summed E-state index contributed by atoms with van der Waals surface area (Å²) in [5.74, 6) is -2.84. The van der Waals surface area contributed by atoms with Crippen molar-refractivity contribution in [2.75, 3.05) is 18.2 Å². The van der Waals surface area contributed by atoms with E-state index in [-0.39, 0.29) is 11.3 Å². The van der Waals surface area contributed by atoms with Gasteiger partial charge in [-0.3, -0.25) is 9.00 Å². The Hall–Kier alpha value is -2.61. The molecule has 2 aromatic carbocycles. The third-order valence-electron chi connectivity index (χ3n) is 3.01. The van der Waals surface area contributed by atoms with Gasteiger partial charge in [-0.15, -0.1) is 0 Å². The summed E-state index contributed by atoms with van der Waals surface area (Å²) >= 11 is 0. The molecular formula is C17H15F2NO4S. The van der Waals surface area contributed by atoms with Crippen LogP contribution < -0.4 is 5.32 Å². The van der Waals surface area contributed by atoms with Crippen molar-refractivity contribution in [1.29, 1.82) is 0 Å². The van der Waals surface area contributed by atoms with Crippen molar-refractivity contribution in [3.63, 3.8) is 0 Å². The molecule has 0 radical (unpaired) electrons. The maximum Gasteiger partial charge on any atom is 0.338 e. The molecule has 0 heterocycles. The maximum atomic E-state index is 13.0. The number of hydrogen-bond donors (Lipinski definition) is 1. The fourth-order valence-corrected chi connectivity index (χ4v) is 2.71. The van der Waals surface area contributed by atoms with Gasteiger partial charge in [0.15, 0.2) is 6.61 Å². The summed E-state index contributed by atoms with van der Waals surface area (Å²) in [5.41, 5.74) is 0.841. The SMILES string of the molecule is CS(=O)Cc1cccc(C(=O)OCC(=O)Nc2cc(F)cc(F)c2)c1. The van der Waals surface area contributed by atoms with Crippen LogP contribution in [0.3, 0.4) is 0 Å². The lowest BCUT2D eigenvalue weighted by molar-refractivity contribution is -0.119. The lowest BCUT2D eigenvalue weighted by atomic mass is 10.1. The smallest absolute Gasteiger partial charge is 0.338 e. The second kappa shape index (κ2) is 8.48. The molecule has 25 heavy (non-hydrogen) atoms. The number of amides is 1. The third kappa shape index (κ3) is 6.07. The minimum absolute atomic E-state index is 0.0778. The number of ether oxygens (including phenoxy) is 1. The molecular weight excluding hydrogens is 352 g/mol. The summed E-state index contributed by atoms with van der Waals surface area (Å²) in [6.45, 7) is -0.610. The molecule has 132 valence electrons. The van der Waals surface area contributed by atoms with E-state index in [4.69, 9.17) is 4.74 Å². The molecule has 0 aliphatic heterocycles. The number of rotatable bonds is 6. The molecule has 5 nitrogen and oxygen atoms in total. The van der Waals surface area contributed by atoms with E-state index in [2.05, 4.69) is 5.32 Å². The van der Waals surface area contributed by atoms with Crippen LogP contribution in [-0.4, -0.2) is 28.9 Å². The number of benzene rings is 2. The Kier molecular flexibility index (Phi) is 6.35. The third-order valence-corrected chi connectivity index (χ3v) is 3.75. The van der Waals surface area contributed by atoms with Crippen molar-refractivity contribution in [2.24, 2.45) is 0 Å². The molecule has 0 aromatic heterocycles. The van der Waals surface area contributed by atoms with Crippen LogP contribution in [0.4, 0.5) is 14.5 Å². The fraction of sp³-hybridized carbons (Fsp3) is 0.176. The molecule has 0 aliphatic rings. The van der Waals surface area contributed by atoms with E-state index in [1.165, 1.54) is 12.1 Å². The van der Waals surface area contributed by atoms with Gasteiger partial charge in [-0.2, -0.15) is 0 Å². The van der Waals surface area contributed by atoms with E-state index in [1.54, 1.807) is 18.4 Å². The van der Waals surface area contributed by atoms with Crippen molar-refractivity contribution < 1.29 is 27.3 Å². The Labute approximate surface area is 145 Å². The predicted octanol–water partition coefficient (Wildman–Crippen LogP) is 2.64. The number of carbonyl (C=O) groups excluding carboxylic acids is 2. The van der Waals surface area contributed by atoms with Gasteiger partial charge in [0, 0.05) is 34.6 Å². The molecule has 1 N–H and O–H groups in total. The van der Waals surface area contributed by atoms with Gasteiger partial charge in [-0.05, 0) is 29.8 Å². The van der Waals surface area contributed by atoms with Gasteiger partial charge in [0.2, 0.25) is 0 Å². The molecule has 0 saturated carbocycles. The molecule has 0 spiro atoms. The average molecular weight is 367 g/mol. The van der Waals surface area contributed by atoms with Gasteiger partial charge in [0.1, 0.15) is 11.6 Å². The summed E-state index contributed by atoms with van der Waals surface area (Å²) in [6.07, 6.45) is 1.55. The van der Waals surface area contributed by atoms with Crippen LogP contribution in [0.25, 0.3) is 0 Å². The van der Waals surface area contributed by atoms with E-state index in [1.807, 2.05) is 0 Å². The predicted molar refractivity (Wildman–Crippen MR) is 89.5 cm³/mol. The Morgan fingerprint density at radius 3 is 2.44 bits per heavy atom. The number of anilines is 1. The zero-order valence-corrected chi connectivity index (χ0v) is 14.1. The topological polar surface area (TPSA) is 72.5 Å². The highest BCUT2D eigenvalue weighted by atomic mass is 32.2. The first-order valence-electron chi connectivity index (χ1n) is 7.15. The van der Waals surface area contributed by atoms with E-state index in [9.17, 15) is 22.6 Å². The van der Waals surface area contributed by atoms with E-state index in [0.29, 0.717) is 17.4 Å². The number of hydrogen-bond acceptors (Lipinski definition) is 4. The summed E-state index contributed by atoms with van der Waals surface area (Å²) in [5, 5.41) is 2.23. The lowest BCUT2D eigenvalue weighted by Crippen LogP contribution is -2.21. The number of nitrogens with one attached hydrogen (secondary N) is 1. The first-order chi connectivity index (χ1) is 11.8. The Morgan fingerprint density at radius 1 is 1.12 bits per heavy atom. The monoisotopic (exact) mass is 367 g/mol. The van der Waals surface area contributed by atoms with Gasteiger partial charge in [0.25, 0.3) is 5.91 Å². The highest BCUT2D eigenvalue weighted by Gasteiger charge is 2.12. The van der Waals surface area contributed by atoms with Crippen LogP contribution in [0.2, 0.25) is 0 Å². The number of esters is 1. The number of carbonyl (C=O) groups is 2. The van der Waals surface area contributed by atoms with Gasteiger partial charge < -0.3 is 10.1 Å². The Morgan fingerprint density at radius 2 is 1.80 bits per heavy atom. The molecule has 1 atom stereocenters. The molecule has 1 amide bonds. The summed E-state index contributed by atoms with van der Waals surface area (Å²) in [7, 11) is -1.05. The molecule has 0 aliphatic carbocycles. The fourth-order valence-electron chi connectivity index (χ4n) is 2.06. The second-order valence-electron chi connectivity index (χ2n) is 5.20. The summed E-state index contributed by atoms with van der Waals surface area (Å²) < 4.78 is 42.2. The van der Waals surface area contributed by atoms with Crippen LogP contribution in [0.1, 0.15) is 15.9 Å². The zero-order chi connectivity index (χ0) is 18.4. The standard InChI is InChI=1S/C17H15F2NO4S/c1-25(23)10-11-3-2-4-12(5-11)17(22)24-9-16(21)20-15-7-13(18)6-14(19)8-15/h2-8H,9-10H2,1H3,(H,20,21). The molecule has 0 saturated heterocycles. The van der Waals surface area contributed by atoms with Gasteiger partial charge in [-0.25, -0.2) is 13.6 Å². The van der Waals surface area contributed by atoms with E-state index < -0.39 is 40.9 Å². The van der Waals surface area contributed by atoms with E-state index >= 15 is 0 Å². The van der Waals surface area contributed by atoms with Gasteiger partial charge >= 0.3 is 5.97 Å². The van der Waals surface area contributed by atoms with Crippen molar-refractivity contribution in [3.8, 4) is 0 Å². The Balaban J connectivity index is 1.93. The largest absolute Gasteiger partial charge is 0.452 e. The summed E-state index contributed by atoms with van der Waals surface area (Å²) in [4.78, 5) is 23.7. The summed E-state index contributed by atoms with van der Waals surface area (Å²) in [6, 6.07) is 8.94. The van der Waals surface area contributed by atoms with Crippen LogP contribution in [0, 0.1) is 11.6 Å². The van der Waals surface area contributed by atoms with E-state index in [0.717, 1.165) is 12.1 Å². The zero-order valence-electron chi connectivity index (χ0n) is 13.3. The van der Waals surface area contributed by atoms with Gasteiger partial charge in [0.05, 0.1) is 5.56 Å². The van der Waals surface area contributed by atoms with Crippen molar-refractivity contribution in [1.82, 2.24) is 0 Å². The van der Waals surface area contributed by atoms with Crippen LogP contribution >= 0.6 is 0 Å². The van der Waals surface area contributed by atoms with Crippen LogP contribution in [-0.2, 0) is 26.1 Å². The van der Waals surface area contributed by atoms with Crippen LogP contribution in [0.15, 0.2) is 42.5 Å². The first kappa shape index (κ1) is 18.7. The highest BCUT2D eigenvalue weighted by molar-refractivity contribution is 7.83. The molecule has 0 bridgehead atoms. The molecule has 2 rings (SSSR count). The quantitative estimate of drug-likeness (QED) is 0.797. The molecule has 8 heteroatoms. The molecule has 0 fully saturated rings. The molecule has 1 unspecified atom stereocenters. The van der Waals surface area contributed by atoms with Crippen molar-refractivity contribution in [2.45, 2.75) is 5.75 Å². The van der Waals surface area contributed by atoms with Crippen molar-refractivity contribution in [3.05, 3.63) is 65.2 Å². The number of halogens is 2. The Bertz CT molecular complexity index is 806. The highest BCUT2D eigenvalue weighted by Crippen LogP contribution is 2.13. The minimum atomic E-state index is -1.05.